The van der Waals surface area contributed by atoms with Gasteiger partial charge in [0.25, 0.3) is 0 Å². The Morgan fingerprint density at radius 3 is 2.39 bits per heavy atom. The van der Waals surface area contributed by atoms with Crippen LogP contribution in [0.3, 0.4) is 0 Å². The molecule has 4 atom stereocenters. The fraction of sp³-hybridized carbons (Fsp3) is 0.267. The molecule has 0 aliphatic heterocycles. The van der Waals surface area contributed by atoms with E-state index in [2.05, 4.69) is 41.0 Å². The molecule has 1 aliphatic rings. The summed E-state index contributed by atoms with van der Waals surface area (Å²) < 4.78 is 0. The second kappa shape index (κ2) is 11.7. The molecule has 7 N–H and O–H groups in total. The predicted octanol–water partition coefficient (Wildman–Crippen LogP) is 2.62. The number of carbonyl (C=O) groups is 4. The van der Waals surface area contributed by atoms with E-state index in [1.54, 1.807) is 0 Å². The largest absolute Gasteiger partial charge is 0.480 e. The number of thioether (sulfide) groups is 1. The summed E-state index contributed by atoms with van der Waals surface area (Å²) >= 11 is 1.25. The third-order valence-corrected chi connectivity index (χ3v) is 8.65. The molecule has 2 amide bonds. The van der Waals surface area contributed by atoms with E-state index >= 15 is 0 Å². The molecule has 4 unspecified atom stereocenters. The Morgan fingerprint density at radius 1 is 0.976 bits per heavy atom. The minimum absolute atomic E-state index is 0.0396. The number of aliphatic hydroxyl groups excluding tert-OH is 1. The maximum Gasteiger partial charge on any atom is 0.322 e. The molecule has 0 aromatic heterocycles. The second-order valence-electron chi connectivity index (χ2n) is 10.1. The van der Waals surface area contributed by atoms with Crippen LogP contribution < -0.4 is 16.4 Å². The average molecular weight is 576 g/mol. The third kappa shape index (κ3) is 5.83. The highest BCUT2D eigenvalue weighted by Gasteiger charge is 2.30. The zero-order valence-corrected chi connectivity index (χ0v) is 22.7. The van der Waals surface area contributed by atoms with Gasteiger partial charge < -0.3 is 31.7 Å². The first-order valence-electron chi connectivity index (χ1n) is 13.1. The van der Waals surface area contributed by atoms with E-state index in [1.807, 2.05) is 30.4 Å². The lowest BCUT2D eigenvalue weighted by Crippen LogP contribution is -2.49. The van der Waals surface area contributed by atoms with Gasteiger partial charge >= 0.3 is 11.9 Å². The molecule has 0 saturated carbocycles. The van der Waals surface area contributed by atoms with Gasteiger partial charge in [0.1, 0.15) is 18.6 Å². The lowest BCUT2D eigenvalue weighted by molar-refractivity contribution is -0.139. The number of aliphatic carboxylic acids is 2. The molecule has 0 heterocycles. The van der Waals surface area contributed by atoms with E-state index in [1.165, 1.54) is 17.1 Å². The quantitative estimate of drug-likeness (QED) is 0.147. The molecule has 5 rings (SSSR count). The number of hydrogen-bond acceptors (Lipinski definition) is 7. The van der Waals surface area contributed by atoms with E-state index in [9.17, 15) is 24.3 Å². The number of aliphatic hydroxyl groups is 1. The number of carboxylic acids is 2. The predicted molar refractivity (Wildman–Crippen MR) is 158 cm³/mol. The van der Waals surface area contributed by atoms with E-state index in [-0.39, 0.29) is 18.6 Å². The molecular formula is C30H29N3O7S. The lowest BCUT2D eigenvalue weighted by Gasteiger charge is -2.28. The molecule has 10 nitrogen and oxygen atoms in total. The molecule has 0 radical (unpaired) electrons. The molecule has 0 fully saturated rings. The Morgan fingerprint density at radius 2 is 1.68 bits per heavy atom. The third-order valence-electron chi connectivity index (χ3n) is 7.32. The highest BCUT2D eigenvalue weighted by molar-refractivity contribution is 8.00. The van der Waals surface area contributed by atoms with Gasteiger partial charge in [0.05, 0.1) is 11.4 Å². The number of amides is 2. The summed E-state index contributed by atoms with van der Waals surface area (Å²) in [5.74, 6) is -3.73. The van der Waals surface area contributed by atoms with Gasteiger partial charge in [0, 0.05) is 12.2 Å². The van der Waals surface area contributed by atoms with Crippen molar-refractivity contribution < 1.29 is 34.5 Å². The van der Waals surface area contributed by atoms with Crippen LogP contribution in [0.15, 0.2) is 54.6 Å². The van der Waals surface area contributed by atoms with Crippen LogP contribution in [0.2, 0.25) is 0 Å². The van der Waals surface area contributed by atoms with Gasteiger partial charge in [-0.15, -0.1) is 11.8 Å². The molecule has 41 heavy (non-hydrogen) atoms. The van der Waals surface area contributed by atoms with Crippen molar-refractivity contribution in [3.63, 3.8) is 0 Å². The van der Waals surface area contributed by atoms with Gasteiger partial charge in [-0.05, 0) is 55.9 Å². The Balaban J connectivity index is 1.35. The first kappa shape index (κ1) is 28.3. The van der Waals surface area contributed by atoms with Gasteiger partial charge in [-0.25, -0.2) is 0 Å². The average Bonchev–Trinajstić information content (AvgIpc) is 2.96. The van der Waals surface area contributed by atoms with Gasteiger partial charge in [-0.3, -0.25) is 19.2 Å². The summed E-state index contributed by atoms with van der Waals surface area (Å²) in [6, 6.07) is 14.1. The molecule has 4 aromatic carbocycles. The van der Waals surface area contributed by atoms with Crippen LogP contribution in [-0.2, 0) is 19.2 Å². The van der Waals surface area contributed by atoms with Crippen LogP contribution in [0.1, 0.15) is 30.1 Å². The Bertz CT molecular complexity index is 1670. The summed E-state index contributed by atoms with van der Waals surface area (Å²) in [6.07, 6.45) is 2.60. The fourth-order valence-electron chi connectivity index (χ4n) is 5.26. The van der Waals surface area contributed by atoms with Crippen molar-refractivity contribution in [1.82, 2.24) is 10.6 Å². The number of nitrogens with two attached hydrogens (primary N) is 1. The van der Waals surface area contributed by atoms with Crippen LogP contribution in [-0.4, -0.2) is 68.7 Å². The number of rotatable bonds is 11. The lowest BCUT2D eigenvalue weighted by atomic mass is 9.85. The monoisotopic (exact) mass is 575 g/mol. The summed E-state index contributed by atoms with van der Waals surface area (Å²) in [5, 5.41) is 40.3. The van der Waals surface area contributed by atoms with Crippen LogP contribution in [0.25, 0.3) is 38.4 Å². The van der Waals surface area contributed by atoms with E-state index in [0.29, 0.717) is 0 Å². The molecule has 212 valence electrons. The molecular weight excluding hydrogens is 546 g/mol. The zero-order chi connectivity index (χ0) is 29.3. The number of carbonyl (C=O) groups excluding carboxylic acids is 2. The summed E-state index contributed by atoms with van der Waals surface area (Å²) in [7, 11) is 0. The molecule has 4 aromatic rings. The summed E-state index contributed by atoms with van der Waals surface area (Å²) in [6.45, 7) is -0.626. The maximum atomic E-state index is 12.7. The number of fused-ring (bicyclic) bond motifs is 2. The Hall–Kier alpha value is -4.19. The summed E-state index contributed by atoms with van der Waals surface area (Å²) in [5.41, 5.74) is 7.15. The highest BCUT2D eigenvalue weighted by Crippen LogP contribution is 2.43. The van der Waals surface area contributed by atoms with Gasteiger partial charge in [-0.1, -0.05) is 54.6 Å². The minimum atomic E-state index is -1.24. The highest BCUT2D eigenvalue weighted by atomic mass is 32.2. The molecule has 1 aliphatic carbocycles. The van der Waals surface area contributed by atoms with E-state index < -0.39 is 53.7 Å². The van der Waals surface area contributed by atoms with Crippen molar-refractivity contribution in [2.75, 3.05) is 12.3 Å². The number of hydrogen-bond donors (Lipinski definition) is 6. The molecule has 0 spiro atoms. The first-order chi connectivity index (χ1) is 19.6. The molecule has 0 saturated heterocycles. The number of carboxylic acid groups (broad SMARTS) is 2. The molecule has 11 heteroatoms. The SMILES string of the molecule is NC(CCC(=O)NC(CSC1C=Cc2c(cc3ccc4cccc5ccc2c3c45)C1O)C(=O)NCC(=O)O)C(=O)O. The smallest absolute Gasteiger partial charge is 0.322 e. The standard InChI is InChI=1S/C30H29N3O7S/c31-21(30(39)40)9-11-24(34)33-22(29(38)32-13-25(35)36)14-41-23-10-8-18-19-7-6-16-3-1-2-15-4-5-17(27(19)26(15)16)12-20(18)28(23)37/h1-8,10,12,21-23,28,37H,9,11,13-14,31H2,(H,32,38)(H,33,34)(H,35,36)(H,39,40). The van der Waals surface area contributed by atoms with Gasteiger partial charge in [-0.2, -0.15) is 0 Å². The van der Waals surface area contributed by atoms with Crippen LogP contribution in [0.5, 0.6) is 0 Å². The van der Waals surface area contributed by atoms with Crippen LogP contribution in [0, 0.1) is 0 Å². The van der Waals surface area contributed by atoms with Crippen LogP contribution >= 0.6 is 11.8 Å². The molecule has 0 bridgehead atoms. The van der Waals surface area contributed by atoms with Gasteiger partial charge in [0.15, 0.2) is 0 Å². The number of benzene rings is 4. The number of nitrogens with one attached hydrogen (secondary N) is 2. The zero-order valence-electron chi connectivity index (χ0n) is 21.9. The van der Waals surface area contributed by atoms with Crippen molar-refractivity contribution in [3.05, 3.63) is 65.7 Å². The Labute approximate surface area is 238 Å². The Kier molecular flexibility index (Phi) is 8.11. The van der Waals surface area contributed by atoms with E-state index in [4.69, 9.17) is 15.9 Å². The van der Waals surface area contributed by atoms with Crippen LogP contribution in [0.4, 0.5) is 0 Å². The van der Waals surface area contributed by atoms with Crippen molar-refractivity contribution in [1.29, 1.82) is 0 Å². The van der Waals surface area contributed by atoms with Gasteiger partial charge in [0.2, 0.25) is 11.8 Å². The summed E-state index contributed by atoms with van der Waals surface area (Å²) in [4.78, 5) is 47.1. The topological polar surface area (TPSA) is 179 Å². The van der Waals surface area contributed by atoms with Crippen molar-refractivity contribution in [2.45, 2.75) is 36.3 Å². The van der Waals surface area contributed by atoms with E-state index in [0.717, 1.165) is 38.1 Å². The normalized spacial score (nSPS) is 17.8. The first-order valence-corrected chi connectivity index (χ1v) is 14.1. The fourth-order valence-corrected chi connectivity index (χ4v) is 6.43. The van der Waals surface area contributed by atoms with Crippen molar-refractivity contribution >= 4 is 73.9 Å². The minimum Gasteiger partial charge on any atom is -0.480 e. The second-order valence-corrected chi connectivity index (χ2v) is 11.3. The maximum absolute atomic E-state index is 12.7. The van der Waals surface area contributed by atoms with Crippen molar-refractivity contribution in [2.24, 2.45) is 5.73 Å². The van der Waals surface area contributed by atoms with Crippen molar-refractivity contribution in [3.8, 4) is 0 Å².